The maximum atomic E-state index is 13.9. The first kappa shape index (κ1) is 22.1. The van der Waals surface area contributed by atoms with Crippen LogP contribution in [0.5, 0.6) is 0 Å². The molecule has 162 valence electrons. The van der Waals surface area contributed by atoms with Gasteiger partial charge >= 0.3 is 12.3 Å². The molecule has 2 aromatic rings. The molecule has 1 aliphatic heterocycles. The number of ether oxygens (including phenoxy) is 1. The van der Waals surface area contributed by atoms with Crippen molar-refractivity contribution < 1.29 is 31.9 Å². The monoisotopic (exact) mass is 436 g/mol. The summed E-state index contributed by atoms with van der Waals surface area (Å²) in [5, 5.41) is 3.08. The number of halogens is 4. The van der Waals surface area contributed by atoms with E-state index < -0.39 is 47.6 Å². The number of nitrogens with zero attached hydrogens (tertiary/aromatic N) is 4. The Kier molecular flexibility index (Phi) is 6.45. The Bertz CT molecular complexity index is 992. The molecule has 11 heteroatoms. The van der Waals surface area contributed by atoms with Gasteiger partial charge in [-0.2, -0.15) is 13.2 Å². The Morgan fingerprint density at radius 2 is 1.84 bits per heavy atom. The molecule has 0 bridgehead atoms. The van der Waals surface area contributed by atoms with Gasteiger partial charge in [-0.25, -0.2) is 14.1 Å². The molecular weight excluding hydrogens is 420 g/mol. The summed E-state index contributed by atoms with van der Waals surface area (Å²) in [5.41, 5.74) is 9.10. The zero-order chi connectivity index (χ0) is 22.6. The molecule has 0 N–H and O–H groups in total. The Morgan fingerprint density at radius 3 is 2.42 bits per heavy atom. The standard InChI is InChI=1S/C20H16F4N4O3/c21-14-8-6-13(7-9-14)16(20(22,23)24)17(26-27-25)18(29)28-15(11-31-19(28)30)10-12-4-2-1-3-5-12/h1-9,15-17H,10-11H2/t15-,16?,17?/m0/s1. The Labute approximate surface area is 173 Å². The largest absolute Gasteiger partial charge is 0.447 e. The van der Waals surface area contributed by atoms with Gasteiger partial charge < -0.3 is 4.74 Å². The Balaban J connectivity index is 1.97. The van der Waals surface area contributed by atoms with Crippen LogP contribution in [-0.4, -0.2) is 41.8 Å². The molecule has 0 aliphatic carbocycles. The first-order chi connectivity index (χ1) is 14.7. The fraction of sp³-hybridized carbons (Fsp3) is 0.300. The average molecular weight is 436 g/mol. The number of benzene rings is 2. The highest BCUT2D eigenvalue weighted by molar-refractivity contribution is 5.97. The van der Waals surface area contributed by atoms with Gasteiger partial charge in [-0.05, 0) is 35.2 Å². The quantitative estimate of drug-likeness (QED) is 0.283. The fourth-order valence-corrected chi connectivity index (χ4v) is 3.44. The lowest BCUT2D eigenvalue weighted by molar-refractivity contribution is -0.163. The second-order valence-corrected chi connectivity index (χ2v) is 6.85. The zero-order valence-corrected chi connectivity index (χ0v) is 15.9. The summed E-state index contributed by atoms with van der Waals surface area (Å²) in [6, 6.07) is 8.79. The summed E-state index contributed by atoms with van der Waals surface area (Å²) in [6.07, 6.45) is -6.00. The maximum Gasteiger partial charge on any atom is 0.416 e. The van der Waals surface area contributed by atoms with Crippen molar-refractivity contribution in [3.63, 3.8) is 0 Å². The van der Waals surface area contributed by atoms with Crippen LogP contribution in [0, 0.1) is 5.82 Å². The number of cyclic esters (lactones) is 1. The van der Waals surface area contributed by atoms with E-state index in [4.69, 9.17) is 10.3 Å². The van der Waals surface area contributed by atoms with E-state index in [0.717, 1.165) is 29.8 Å². The van der Waals surface area contributed by atoms with Crippen LogP contribution in [0.2, 0.25) is 0 Å². The molecular formula is C20H16F4N4O3. The SMILES string of the molecule is [N-]=[N+]=NC(C(=O)N1C(=O)OC[C@@H]1Cc1ccccc1)C(c1ccc(F)cc1)C(F)(F)F. The molecule has 0 radical (unpaired) electrons. The van der Waals surface area contributed by atoms with Crippen molar-refractivity contribution in [3.05, 3.63) is 82.0 Å². The van der Waals surface area contributed by atoms with Gasteiger partial charge in [0.15, 0.2) is 0 Å². The second kappa shape index (κ2) is 9.05. The molecule has 1 aliphatic rings. The lowest BCUT2D eigenvalue weighted by Crippen LogP contribution is -2.49. The molecule has 2 aromatic carbocycles. The van der Waals surface area contributed by atoms with Crippen molar-refractivity contribution in [2.45, 2.75) is 30.6 Å². The highest BCUT2D eigenvalue weighted by atomic mass is 19.4. The topological polar surface area (TPSA) is 95.4 Å². The second-order valence-electron chi connectivity index (χ2n) is 6.85. The van der Waals surface area contributed by atoms with Crippen molar-refractivity contribution in [2.24, 2.45) is 5.11 Å². The molecule has 3 rings (SSSR count). The average Bonchev–Trinajstić information content (AvgIpc) is 3.08. The van der Waals surface area contributed by atoms with Crippen molar-refractivity contribution >= 4 is 12.0 Å². The highest BCUT2D eigenvalue weighted by Crippen LogP contribution is 2.40. The minimum atomic E-state index is -5.02. The van der Waals surface area contributed by atoms with Crippen molar-refractivity contribution in [2.75, 3.05) is 6.61 Å². The predicted molar refractivity (Wildman–Crippen MR) is 100 cm³/mol. The molecule has 3 atom stereocenters. The van der Waals surface area contributed by atoms with E-state index in [1.165, 1.54) is 0 Å². The molecule has 7 nitrogen and oxygen atoms in total. The lowest BCUT2D eigenvalue weighted by atomic mass is 9.90. The third kappa shape index (κ3) is 4.95. The highest BCUT2D eigenvalue weighted by Gasteiger charge is 2.52. The summed E-state index contributed by atoms with van der Waals surface area (Å²) in [7, 11) is 0. The number of amides is 2. The first-order valence-corrected chi connectivity index (χ1v) is 9.12. The summed E-state index contributed by atoms with van der Waals surface area (Å²) in [5.74, 6) is -4.70. The van der Waals surface area contributed by atoms with Gasteiger partial charge in [-0.1, -0.05) is 47.6 Å². The van der Waals surface area contributed by atoms with Gasteiger partial charge in [0.1, 0.15) is 18.5 Å². The molecule has 1 fully saturated rings. The molecule has 0 saturated carbocycles. The third-order valence-electron chi connectivity index (χ3n) is 4.84. The van der Waals surface area contributed by atoms with Gasteiger partial charge in [0.05, 0.1) is 12.0 Å². The maximum absolute atomic E-state index is 13.9. The summed E-state index contributed by atoms with van der Waals surface area (Å²) in [4.78, 5) is 28.2. The van der Waals surface area contributed by atoms with Crippen LogP contribution in [0.15, 0.2) is 59.7 Å². The number of carbonyl (C=O) groups is 2. The van der Waals surface area contributed by atoms with Crippen molar-refractivity contribution in [3.8, 4) is 0 Å². The molecule has 2 unspecified atom stereocenters. The molecule has 1 saturated heterocycles. The normalized spacial score (nSPS) is 18.1. The summed E-state index contributed by atoms with van der Waals surface area (Å²) < 4.78 is 59.8. The number of hydrogen-bond acceptors (Lipinski definition) is 4. The van der Waals surface area contributed by atoms with E-state index >= 15 is 0 Å². The molecule has 1 heterocycles. The Hall–Kier alpha value is -3.59. The number of azide groups is 1. The van der Waals surface area contributed by atoms with Crippen LogP contribution in [0.1, 0.15) is 17.0 Å². The van der Waals surface area contributed by atoms with Gasteiger partial charge in [0.25, 0.3) is 0 Å². The number of carbonyl (C=O) groups excluding carboxylic acids is 2. The van der Waals surface area contributed by atoms with Crippen LogP contribution in [-0.2, 0) is 16.0 Å². The molecule has 0 aromatic heterocycles. The summed E-state index contributed by atoms with van der Waals surface area (Å²) in [6.45, 7) is -0.213. The van der Waals surface area contributed by atoms with Crippen molar-refractivity contribution in [1.82, 2.24) is 4.90 Å². The third-order valence-corrected chi connectivity index (χ3v) is 4.84. The predicted octanol–water partition coefficient (Wildman–Crippen LogP) is 4.74. The van der Waals surface area contributed by atoms with Gasteiger partial charge in [0, 0.05) is 4.91 Å². The van der Waals surface area contributed by atoms with E-state index in [9.17, 15) is 27.2 Å². The number of hydrogen-bond donors (Lipinski definition) is 0. The van der Waals surface area contributed by atoms with E-state index in [0.29, 0.717) is 4.90 Å². The van der Waals surface area contributed by atoms with Crippen LogP contribution < -0.4 is 0 Å². The minimum absolute atomic E-state index is 0.147. The van der Waals surface area contributed by atoms with Crippen LogP contribution in [0.3, 0.4) is 0 Å². The summed E-state index contributed by atoms with van der Waals surface area (Å²) >= 11 is 0. The van der Waals surface area contributed by atoms with E-state index in [2.05, 4.69) is 10.0 Å². The smallest absolute Gasteiger partial charge is 0.416 e. The fourth-order valence-electron chi connectivity index (χ4n) is 3.44. The van der Waals surface area contributed by atoms with Crippen LogP contribution >= 0.6 is 0 Å². The number of imide groups is 1. The molecule has 0 spiro atoms. The first-order valence-electron chi connectivity index (χ1n) is 9.12. The van der Waals surface area contributed by atoms with Crippen LogP contribution in [0.25, 0.3) is 10.4 Å². The van der Waals surface area contributed by atoms with E-state index in [1.54, 1.807) is 30.3 Å². The van der Waals surface area contributed by atoms with Gasteiger partial charge in [-0.15, -0.1) is 0 Å². The number of rotatable bonds is 6. The lowest BCUT2D eigenvalue weighted by Gasteiger charge is -2.29. The number of alkyl halides is 3. The van der Waals surface area contributed by atoms with Crippen molar-refractivity contribution in [1.29, 1.82) is 0 Å². The Morgan fingerprint density at radius 1 is 1.19 bits per heavy atom. The van der Waals surface area contributed by atoms with Gasteiger partial charge in [-0.3, -0.25) is 4.79 Å². The van der Waals surface area contributed by atoms with Crippen LogP contribution in [0.4, 0.5) is 22.4 Å². The van der Waals surface area contributed by atoms with E-state index in [1.807, 2.05) is 0 Å². The zero-order valence-electron chi connectivity index (χ0n) is 15.9. The van der Waals surface area contributed by atoms with Gasteiger partial charge in [0.2, 0.25) is 5.91 Å². The molecule has 2 amide bonds. The minimum Gasteiger partial charge on any atom is -0.447 e. The molecule has 31 heavy (non-hydrogen) atoms. The van der Waals surface area contributed by atoms with E-state index in [-0.39, 0.29) is 13.0 Å².